The van der Waals surface area contributed by atoms with Crippen molar-refractivity contribution in [3.8, 4) is 0 Å². The van der Waals surface area contributed by atoms with E-state index in [1.165, 1.54) is 6.07 Å². The van der Waals surface area contributed by atoms with Crippen molar-refractivity contribution < 1.29 is 14.3 Å². The number of carbonyl (C=O) groups is 1. The van der Waals surface area contributed by atoms with Gasteiger partial charge in [0.15, 0.2) is 0 Å². The van der Waals surface area contributed by atoms with Crippen LogP contribution in [0.4, 0.5) is 4.39 Å². The molecule has 22 heavy (non-hydrogen) atoms. The van der Waals surface area contributed by atoms with Crippen molar-refractivity contribution in [2.45, 2.75) is 45.4 Å². The molecule has 0 radical (unpaired) electrons. The molecule has 1 aromatic rings. The molecule has 0 heterocycles. The molecule has 1 aliphatic carbocycles. The maximum absolute atomic E-state index is 13.4. The van der Waals surface area contributed by atoms with E-state index >= 15 is 0 Å². The first-order valence-electron chi connectivity index (χ1n) is 7.84. The van der Waals surface area contributed by atoms with Crippen LogP contribution in [0.2, 0.25) is 5.02 Å². The van der Waals surface area contributed by atoms with Crippen molar-refractivity contribution in [2.24, 2.45) is 11.8 Å². The maximum atomic E-state index is 13.4. The monoisotopic (exact) mass is 324 g/mol. The molecule has 0 saturated heterocycles. The third-order valence-corrected chi connectivity index (χ3v) is 4.98. The number of halogens is 2. The molecule has 2 nitrogen and oxygen atoms in total. The van der Waals surface area contributed by atoms with Gasteiger partial charge < -0.3 is 5.11 Å². The van der Waals surface area contributed by atoms with Gasteiger partial charge in [-0.1, -0.05) is 23.7 Å². The molecule has 0 amide bonds. The number of aryl methyl sites for hydroxylation is 1. The zero-order chi connectivity index (χ0) is 16.1. The number of aliphatic carboxylic acids is 1. The summed E-state index contributed by atoms with van der Waals surface area (Å²) in [6.07, 6.45) is 7.56. The standard InChI is InChI=1S/C18H22ClFO2/c1-2-15(18(21)22)14-8-5-12(6-9-14)3-4-13-7-10-16(19)17(20)11-13/h2,7,10-12,14H,3-6,8-9H2,1H3,(H,21,22). The van der Waals surface area contributed by atoms with E-state index < -0.39 is 5.97 Å². The van der Waals surface area contributed by atoms with Crippen LogP contribution in [0.3, 0.4) is 0 Å². The van der Waals surface area contributed by atoms with Crippen molar-refractivity contribution in [3.63, 3.8) is 0 Å². The van der Waals surface area contributed by atoms with Crippen molar-refractivity contribution in [1.82, 2.24) is 0 Å². The van der Waals surface area contributed by atoms with Crippen LogP contribution in [0.1, 0.15) is 44.6 Å². The van der Waals surface area contributed by atoms with Crippen molar-refractivity contribution in [1.29, 1.82) is 0 Å². The molecule has 1 saturated carbocycles. The van der Waals surface area contributed by atoms with E-state index in [9.17, 15) is 14.3 Å². The zero-order valence-electron chi connectivity index (χ0n) is 12.8. The zero-order valence-corrected chi connectivity index (χ0v) is 13.6. The molecule has 1 aromatic carbocycles. The van der Waals surface area contributed by atoms with Crippen molar-refractivity contribution in [2.75, 3.05) is 0 Å². The summed E-state index contributed by atoms with van der Waals surface area (Å²) in [4.78, 5) is 11.2. The first-order chi connectivity index (χ1) is 10.5. The van der Waals surface area contributed by atoms with E-state index in [0.717, 1.165) is 44.1 Å². The van der Waals surface area contributed by atoms with Crippen LogP contribution >= 0.6 is 11.6 Å². The van der Waals surface area contributed by atoms with Crippen LogP contribution in [-0.4, -0.2) is 11.1 Å². The lowest BCUT2D eigenvalue weighted by Crippen LogP contribution is -2.20. The minimum absolute atomic E-state index is 0.164. The Labute approximate surface area is 136 Å². The van der Waals surface area contributed by atoms with Gasteiger partial charge in [-0.25, -0.2) is 9.18 Å². The number of hydrogen-bond acceptors (Lipinski definition) is 1. The number of rotatable bonds is 5. The summed E-state index contributed by atoms with van der Waals surface area (Å²) in [6.45, 7) is 1.80. The van der Waals surface area contributed by atoms with Crippen LogP contribution in [0.25, 0.3) is 0 Å². The Balaban J connectivity index is 1.82. The highest BCUT2D eigenvalue weighted by Gasteiger charge is 2.26. The van der Waals surface area contributed by atoms with Gasteiger partial charge in [0.1, 0.15) is 5.82 Å². The fraction of sp³-hybridized carbons (Fsp3) is 0.500. The summed E-state index contributed by atoms with van der Waals surface area (Å²) >= 11 is 5.69. The summed E-state index contributed by atoms with van der Waals surface area (Å²) < 4.78 is 13.4. The molecule has 0 aromatic heterocycles. The number of hydrogen-bond donors (Lipinski definition) is 1. The predicted molar refractivity (Wildman–Crippen MR) is 86.6 cm³/mol. The molecule has 0 unspecified atom stereocenters. The summed E-state index contributed by atoms with van der Waals surface area (Å²) in [7, 11) is 0. The Hall–Kier alpha value is -1.35. The number of allylic oxidation sites excluding steroid dienone is 1. The Bertz CT molecular complexity index is 560. The Morgan fingerprint density at radius 1 is 1.36 bits per heavy atom. The number of carboxylic acid groups (broad SMARTS) is 1. The lowest BCUT2D eigenvalue weighted by atomic mass is 9.76. The lowest BCUT2D eigenvalue weighted by Gasteiger charge is -2.29. The highest BCUT2D eigenvalue weighted by molar-refractivity contribution is 6.30. The van der Waals surface area contributed by atoms with E-state index in [0.29, 0.717) is 11.5 Å². The molecule has 4 heteroatoms. The highest BCUT2D eigenvalue weighted by atomic mass is 35.5. The summed E-state index contributed by atoms with van der Waals surface area (Å²) in [5.74, 6) is -0.363. The molecule has 1 N–H and O–H groups in total. The summed E-state index contributed by atoms with van der Waals surface area (Å²) in [5.41, 5.74) is 1.53. The Morgan fingerprint density at radius 3 is 2.59 bits per heavy atom. The third-order valence-electron chi connectivity index (χ3n) is 4.67. The first kappa shape index (κ1) is 17.0. The minimum atomic E-state index is -0.789. The first-order valence-corrected chi connectivity index (χ1v) is 8.22. The molecule has 120 valence electrons. The van der Waals surface area contributed by atoms with E-state index in [2.05, 4.69) is 0 Å². The fourth-order valence-electron chi connectivity index (χ4n) is 3.36. The predicted octanol–water partition coefficient (Wildman–Crippen LogP) is 5.25. The largest absolute Gasteiger partial charge is 0.478 e. The fourth-order valence-corrected chi connectivity index (χ4v) is 3.48. The van der Waals surface area contributed by atoms with Crippen LogP contribution in [0.5, 0.6) is 0 Å². The lowest BCUT2D eigenvalue weighted by molar-refractivity contribution is -0.133. The second kappa shape index (κ2) is 7.77. The number of benzene rings is 1. The second-order valence-corrected chi connectivity index (χ2v) is 6.46. The molecule has 0 atom stereocenters. The maximum Gasteiger partial charge on any atom is 0.331 e. The van der Waals surface area contributed by atoms with Gasteiger partial charge in [-0.3, -0.25) is 0 Å². The Kier molecular flexibility index (Phi) is 6.01. The topological polar surface area (TPSA) is 37.3 Å². The normalized spacial score (nSPS) is 22.6. The van der Waals surface area contributed by atoms with Crippen LogP contribution in [0, 0.1) is 17.7 Å². The third kappa shape index (κ3) is 4.33. The van der Waals surface area contributed by atoms with Gasteiger partial charge in [-0.15, -0.1) is 0 Å². The molecule has 2 rings (SSSR count). The van der Waals surface area contributed by atoms with Gasteiger partial charge in [-0.2, -0.15) is 0 Å². The second-order valence-electron chi connectivity index (χ2n) is 6.05. The van der Waals surface area contributed by atoms with E-state index in [-0.39, 0.29) is 16.8 Å². The average molecular weight is 325 g/mol. The summed E-state index contributed by atoms with van der Waals surface area (Å²) in [6, 6.07) is 4.99. The van der Waals surface area contributed by atoms with Gasteiger partial charge in [0.25, 0.3) is 0 Å². The van der Waals surface area contributed by atoms with Gasteiger partial charge in [0.2, 0.25) is 0 Å². The smallest absolute Gasteiger partial charge is 0.331 e. The SMILES string of the molecule is CC=C(C(=O)O)C1CCC(CCc2ccc(Cl)c(F)c2)CC1. The van der Waals surface area contributed by atoms with Crippen LogP contribution < -0.4 is 0 Å². The van der Waals surface area contributed by atoms with Crippen LogP contribution in [0.15, 0.2) is 29.8 Å². The summed E-state index contributed by atoms with van der Waals surface area (Å²) in [5, 5.41) is 9.34. The quantitative estimate of drug-likeness (QED) is 0.751. The van der Waals surface area contributed by atoms with Gasteiger partial charge >= 0.3 is 5.97 Å². The molecule has 0 aliphatic heterocycles. The average Bonchev–Trinajstić information content (AvgIpc) is 2.50. The van der Waals surface area contributed by atoms with Gasteiger partial charge in [0.05, 0.1) is 5.02 Å². The molecule has 0 bridgehead atoms. The molecule has 1 aliphatic rings. The van der Waals surface area contributed by atoms with Gasteiger partial charge in [-0.05, 0) is 75.0 Å². The Morgan fingerprint density at radius 2 is 2.05 bits per heavy atom. The van der Waals surface area contributed by atoms with Crippen molar-refractivity contribution >= 4 is 17.6 Å². The van der Waals surface area contributed by atoms with Crippen LogP contribution in [-0.2, 0) is 11.2 Å². The minimum Gasteiger partial charge on any atom is -0.478 e. The molecule has 0 spiro atoms. The van der Waals surface area contributed by atoms with E-state index in [1.807, 2.05) is 6.07 Å². The van der Waals surface area contributed by atoms with E-state index in [4.69, 9.17) is 11.6 Å². The molecular weight excluding hydrogens is 303 g/mol. The van der Waals surface area contributed by atoms with E-state index in [1.54, 1.807) is 19.1 Å². The molecular formula is C18H22ClFO2. The number of carboxylic acids is 1. The molecule has 1 fully saturated rings. The van der Waals surface area contributed by atoms with Gasteiger partial charge in [0, 0.05) is 5.57 Å². The van der Waals surface area contributed by atoms with Crippen molar-refractivity contribution in [3.05, 3.63) is 46.3 Å². The highest BCUT2D eigenvalue weighted by Crippen LogP contribution is 2.35.